The van der Waals surface area contributed by atoms with Crippen molar-refractivity contribution < 1.29 is 0 Å². The minimum Gasteiger partial charge on any atom is -0.309 e. The lowest BCUT2D eigenvalue weighted by molar-refractivity contribution is 1.07. The lowest BCUT2D eigenvalue weighted by Crippen LogP contribution is -2.00. The van der Waals surface area contributed by atoms with Gasteiger partial charge in [0.25, 0.3) is 0 Å². The van der Waals surface area contributed by atoms with Crippen LogP contribution in [0, 0.1) is 0 Å². The molecule has 0 unspecified atom stereocenters. The fourth-order valence-corrected chi connectivity index (χ4v) is 10.8. The van der Waals surface area contributed by atoms with Gasteiger partial charge in [0.05, 0.1) is 11.0 Å². The molecule has 0 atom stereocenters. The van der Waals surface area contributed by atoms with Gasteiger partial charge in [0, 0.05) is 33.2 Å². The van der Waals surface area contributed by atoms with Gasteiger partial charge in [0.1, 0.15) is 0 Å². The summed E-state index contributed by atoms with van der Waals surface area (Å²) in [6.07, 6.45) is 0. The number of rotatable bonds is 7. The summed E-state index contributed by atoms with van der Waals surface area (Å²) < 4.78 is 2.43. The quantitative estimate of drug-likeness (QED) is 0.150. The standard InChI is InChI=1S/C67H42N4/c1-3-15-43(16-4-1)45-29-31-47(32-30-45)66-68-65(46-18-5-2-6-19-46)69-67(70-66)52-22-13-21-48(39-52)50-34-38-60-61(41-50)56-24-10-9-23-55(56)59-27-14-26-54(64(59)60)51-35-37-58-57-25-11-12-28-62(57)71(63(58)42-51)53-36-33-44-17-7-8-20-49(44)40-53/h1-42H. The van der Waals surface area contributed by atoms with Crippen LogP contribution in [0.5, 0.6) is 0 Å². The predicted octanol–water partition coefficient (Wildman–Crippen LogP) is 17.6. The molecule has 2 heterocycles. The third-order valence-corrected chi connectivity index (χ3v) is 14.2. The number of hydrogen-bond acceptors (Lipinski definition) is 3. The average molecular weight is 903 g/mol. The van der Waals surface area contributed by atoms with Gasteiger partial charge in [-0.2, -0.15) is 0 Å². The van der Waals surface area contributed by atoms with E-state index in [2.05, 4.69) is 235 Å². The van der Waals surface area contributed by atoms with Crippen LogP contribution in [-0.4, -0.2) is 19.5 Å². The predicted molar refractivity (Wildman–Crippen MR) is 297 cm³/mol. The first-order chi connectivity index (χ1) is 35.2. The third-order valence-electron chi connectivity index (χ3n) is 14.2. The molecule has 0 fully saturated rings. The van der Waals surface area contributed by atoms with Gasteiger partial charge in [0.15, 0.2) is 17.5 Å². The summed E-state index contributed by atoms with van der Waals surface area (Å²) in [4.78, 5) is 15.3. The first kappa shape index (κ1) is 40.5. The Morgan fingerprint density at radius 3 is 1.52 bits per heavy atom. The molecule has 4 nitrogen and oxygen atoms in total. The van der Waals surface area contributed by atoms with Crippen molar-refractivity contribution in [2.75, 3.05) is 0 Å². The molecule has 0 saturated heterocycles. The molecular weight excluding hydrogens is 861 g/mol. The molecule has 2 aromatic heterocycles. The molecule has 0 saturated carbocycles. The largest absolute Gasteiger partial charge is 0.309 e. The Labute approximate surface area is 410 Å². The highest BCUT2D eigenvalue weighted by molar-refractivity contribution is 6.29. The van der Waals surface area contributed by atoms with Crippen molar-refractivity contribution in [3.05, 3.63) is 255 Å². The van der Waals surface area contributed by atoms with Crippen molar-refractivity contribution >= 4 is 64.9 Å². The van der Waals surface area contributed by atoms with E-state index in [9.17, 15) is 0 Å². The van der Waals surface area contributed by atoms with Crippen LogP contribution in [0.4, 0.5) is 0 Å². The maximum absolute atomic E-state index is 5.14. The molecule has 71 heavy (non-hydrogen) atoms. The van der Waals surface area contributed by atoms with Gasteiger partial charge in [-0.3, -0.25) is 0 Å². The lowest BCUT2D eigenvalue weighted by atomic mass is 9.88. The van der Waals surface area contributed by atoms with Crippen LogP contribution < -0.4 is 0 Å². The van der Waals surface area contributed by atoms with E-state index in [1.54, 1.807) is 0 Å². The van der Waals surface area contributed by atoms with Gasteiger partial charge < -0.3 is 4.57 Å². The van der Waals surface area contributed by atoms with E-state index in [0.717, 1.165) is 39.1 Å². The highest BCUT2D eigenvalue weighted by atomic mass is 15.0. The fourth-order valence-electron chi connectivity index (χ4n) is 10.8. The maximum atomic E-state index is 5.14. The van der Waals surface area contributed by atoms with E-state index in [0.29, 0.717) is 17.5 Å². The number of fused-ring (bicyclic) bond motifs is 10. The van der Waals surface area contributed by atoms with Crippen molar-refractivity contribution in [3.63, 3.8) is 0 Å². The molecule has 0 bridgehead atoms. The summed E-state index contributed by atoms with van der Waals surface area (Å²) in [6.45, 7) is 0. The van der Waals surface area contributed by atoms with Crippen molar-refractivity contribution in [2.45, 2.75) is 0 Å². The summed E-state index contributed by atoms with van der Waals surface area (Å²) >= 11 is 0. The molecule has 330 valence electrons. The SMILES string of the molecule is c1ccc(-c2ccc(-c3nc(-c4ccccc4)nc(-c4cccc(-c5ccc6c(c5)c5ccccc5c5cccc(-c7ccc8c9ccccc9n(-c9ccc%10ccccc%10c9)c8c7)c56)c4)n3)cc2)cc1. The van der Waals surface area contributed by atoms with Gasteiger partial charge >= 0.3 is 0 Å². The molecule has 0 spiro atoms. The second kappa shape index (κ2) is 16.6. The maximum Gasteiger partial charge on any atom is 0.164 e. The van der Waals surface area contributed by atoms with Gasteiger partial charge in [-0.15, -0.1) is 0 Å². The zero-order chi connectivity index (χ0) is 46.8. The summed E-state index contributed by atoms with van der Waals surface area (Å²) in [6, 6.07) is 91.5. The Morgan fingerprint density at radius 2 is 0.732 bits per heavy atom. The second-order valence-corrected chi connectivity index (χ2v) is 18.3. The Hall–Kier alpha value is -9.51. The molecule has 0 amide bonds. The van der Waals surface area contributed by atoms with Crippen molar-refractivity contribution in [1.82, 2.24) is 19.5 Å². The first-order valence-electron chi connectivity index (χ1n) is 24.2. The molecule has 0 aliphatic heterocycles. The Morgan fingerprint density at radius 1 is 0.239 bits per heavy atom. The zero-order valence-electron chi connectivity index (χ0n) is 38.5. The highest BCUT2D eigenvalue weighted by Crippen LogP contribution is 2.44. The summed E-state index contributed by atoms with van der Waals surface area (Å²) in [5.41, 5.74) is 13.2. The van der Waals surface area contributed by atoms with Crippen LogP contribution in [0.2, 0.25) is 0 Å². The van der Waals surface area contributed by atoms with Crippen molar-refractivity contribution in [2.24, 2.45) is 0 Å². The molecule has 0 aliphatic carbocycles. The summed E-state index contributed by atoms with van der Waals surface area (Å²) in [5, 5.41) is 12.3. The van der Waals surface area contributed by atoms with Crippen molar-refractivity contribution in [3.8, 4) is 73.2 Å². The molecule has 0 radical (unpaired) electrons. The smallest absolute Gasteiger partial charge is 0.164 e. The number of benzene rings is 12. The molecule has 14 aromatic rings. The lowest BCUT2D eigenvalue weighted by Gasteiger charge is -2.16. The molecule has 0 aliphatic rings. The van der Waals surface area contributed by atoms with Crippen LogP contribution in [-0.2, 0) is 0 Å². The molecular formula is C67H42N4. The molecule has 4 heteroatoms. The van der Waals surface area contributed by atoms with E-state index < -0.39 is 0 Å². The number of aromatic nitrogens is 4. The van der Waals surface area contributed by atoms with Crippen LogP contribution in [0.15, 0.2) is 255 Å². The van der Waals surface area contributed by atoms with Crippen LogP contribution in [0.1, 0.15) is 0 Å². The normalized spacial score (nSPS) is 11.7. The third kappa shape index (κ3) is 6.96. The Balaban J connectivity index is 0.906. The number of hydrogen-bond donors (Lipinski definition) is 0. The van der Waals surface area contributed by atoms with Gasteiger partial charge in [0.2, 0.25) is 0 Å². The van der Waals surface area contributed by atoms with Crippen LogP contribution in [0.3, 0.4) is 0 Å². The van der Waals surface area contributed by atoms with E-state index in [-0.39, 0.29) is 0 Å². The average Bonchev–Trinajstić information content (AvgIpc) is 3.79. The summed E-state index contributed by atoms with van der Waals surface area (Å²) in [5.74, 6) is 1.90. The van der Waals surface area contributed by atoms with Crippen molar-refractivity contribution in [1.29, 1.82) is 0 Å². The topological polar surface area (TPSA) is 43.6 Å². The monoisotopic (exact) mass is 902 g/mol. The van der Waals surface area contributed by atoms with E-state index >= 15 is 0 Å². The van der Waals surface area contributed by atoms with E-state index in [1.807, 2.05) is 24.3 Å². The Kier molecular flexibility index (Phi) is 9.49. The number of para-hydroxylation sites is 1. The second-order valence-electron chi connectivity index (χ2n) is 18.3. The fraction of sp³-hybridized carbons (Fsp3) is 0. The van der Waals surface area contributed by atoms with Gasteiger partial charge in [-0.1, -0.05) is 218 Å². The minimum atomic E-state index is 0.626. The summed E-state index contributed by atoms with van der Waals surface area (Å²) in [7, 11) is 0. The van der Waals surface area contributed by atoms with E-state index in [1.165, 1.54) is 81.6 Å². The minimum absolute atomic E-state index is 0.626. The highest BCUT2D eigenvalue weighted by Gasteiger charge is 2.19. The first-order valence-corrected chi connectivity index (χ1v) is 24.2. The molecule has 14 rings (SSSR count). The number of nitrogens with zero attached hydrogens (tertiary/aromatic N) is 4. The van der Waals surface area contributed by atoms with Crippen LogP contribution in [0.25, 0.3) is 138 Å². The van der Waals surface area contributed by atoms with Gasteiger partial charge in [-0.25, -0.2) is 15.0 Å². The molecule has 0 N–H and O–H groups in total. The van der Waals surface area contributed by atoms with Gasteiger partial charge in [-0.05, 0) is 113 Å². The van der Waals surface area contributed by atoms with Crippen LogP contribution >= 0.6 is 0 Å². The molecule has 12 aromatic carbocycles. The van der Waals surface area contributed by atoms with E-state index in [4.69, 9.17) is 15.0 Å². The Bertz CT molecular complexity index is 4380. The zero-order valence-corrected chi connectivity index (χ0v) is 38.5.